The van der Waals surface area contributed by atoms with Crippen molar-refractivity contribution in [1.82, 2.24) is 20.5 Å². The van der Waals surface area contributed by atoms with E-state index in [4.69, 9.17) is 11.5 Å². The molecule has 1 aliphatic carbocycles. The Bertz CT molecular complexity index is 1750. The van der Waals surface area contributed by atoms with Crippen LogP contribution in [-0.2, 0) is 16.0 Å². The third kappa shape index (κ3) is 8.20. The molecule has 2 heterocycles. The number of alkyl halides is 3. The van der Waals surface area contributed by atoms with Gasteiger partial charge in [0, 0.05) is 22.6 Å². The number of imide groups is 1. The van der Waals surface area contributed by atoms with E-state index in [9.17, 15) is 27.6 Å². The fourth-order valence-corrected chi connectivity index (χ4v) is 5.93. The number of benzene rings is 2. The minimum absolute atomic E-state index is 0. The third-order valence-corrected chi connectivity index (χ3v) is 8.85. The zero-order chi connectivity index (χ0) is 33.9. The second-order valence-electron chi connectivity index (χ2n) is 12.2. The number of fused-ring (bicyclic) bond motifs is 1. The van der Waals surface area contributed by atoms with Gasteiger partial charge in [-0.25, -0.2) is 9.88 Å². The number of nitrogens with one attached hydrogen (secondary N) is 2. The minimum atomic E-state index is -4.56. The van der Waals surface area contributed by atoms with Gasteiger partial charge in [0.1, 0.15) is 11.7 Å². The van der Waals surface area contributed by atoms with Crippen LogP contribution < -0.4 is 21.7 Å². The molecule has 0 radical (unpaired) electrons. The lowest BCUT2D eigenvalue weighted by Gasteiger charge is -2.32. The highest BCUT2D eigenvalue weighted by atomic mass is 35.5. The number of aromatic nitrogens is 3. The van der Waals surface area contributed by atoms with Gasteiger partial charge in [-0.3, -0.25) is 19.5 Å². The Labute approximate surface area is 282 Å². The Kier molecular flexibility index (Phi) is 11.6. The van der Waals surface area contributed by atoms with Crippen molar-refractivity contribution < 1.29 is 27.6 Å². The highest BCUT2D eigenvalue weighted by Crippen LogP contribution is 2.32. The molecule has 2 atom stereocenters. The number of pyridine rings is 1. The van der Waals surface area contributed by atoms with E-state index in [1.807, 2.05) is 29.6 Å². The van der Waals surface area contributed by atoms with Crippen LogP contribution in [0.2, 0.25) is 0 Å². The van der Waals surface area contributed by atoms with Crippen molar-refractivity contribution in [3.63, 3.8) is 0 Å². The lowest BCUT2D eigenvalue weighted by Crippen LogP contribution is -2.50. The first-order chi connectivity index (χ1) is 22.3. The molecule has 5 rings (SSSR count). The van der Waals surface area contributed by atoms with Crippen molar-refractivity contribution in [2.24, 2.45) is 23.3 Å². The molecular weight excluding hydrogens is 647 g/mol. The predicted octanol–water partition coefficient (Wildman–Crippen LogP) is 5.23. The first kappa shape index (κ1) is 36.5. The Balaban J connectivity index is 0.00000520. The number of carbonyl (C=O) groups excluding carboxylic acids is 3. The van der Waals surface area contributed by atoms with Gasteiger partial charge >= 0.3 is 6.18 Å². The number of amides is 3. The van der Waals surface area contributed by atoms with Crippen LogP contribution in [0.5, 0.6) is 0 Å². The molecule has 48 heavy (non-hydrogen) atoms. The van der Waals surface area contributed by atoms with Crippen molar-refractivity contribution in [2.75, 3.05) is 11.4 Å². The number of aryl methyl sites for hydroxylation is 1. The predicted molar refractivity (Wildman–Crippen MR) is 179 cm³/mol. The largest absolute Gasteiger partial charge is 0.408 e. The number of anilines is 1. The topological polar surface area (TPSA) is 160 Å². The maximum atomic E-state index is 13.9. The van der Waals surface area contributed by atoms with Crippen LogP contribution in [-0.4, -0.2) is 57.7 Å². The molecule has 2 aromatic carbocycles. The molecule has 0 saturated heterocycles. The molecule has 1 unspecified atom stereocenters. The highest BCUT2D eigenvalue weighted by Gasteiger charge is 2.37. The zero-order valence-corrected chi connectivity index (χ0v) is 27.4. The van der Waals surface area contributed by atoms with Gasteiger partial charge in [-0.15, -0.1) is 12.4 Å². The number of nitrogens with zero attached hydrogens (tertiary/aromatic N) is 3. The first-order valence-corrected chi connectivity index (χ1v) is 15.6. The van der Waals surface area contributed by atoms with Crippen molar-refractivity contribution in [3.05, 3.63) is 77.7 Å². The van der Waals surface area contributed by atoms with Crippen molar-refractivity contribution in [3.8, 4) is 11.1 Å². The number of nitrogens with two attached hydrogens (primary N) is 2. The van der Waals surface area contributed by atoms with E-state index in [1.54, 1.807) is 37.4 Å². The Hall–Kier alpha value is -4.33. The van der Waals surface area contributed by atoms with E-state index in [2.05, 4.69) is 15.2 Å². The summed E-state index contributed by atoms with van der Waals surface area (Å²) in [7, 11) is 0. The van der Waals surface area contributed by atoms with Gasteiger partial charge < -0.3 is 16.8 Å². The summed E-state index contributed by atoms with van der Waals surface area (Å²) >= 11 is 0. The van der Waals surface area contributed by atoms with E-state index in [0.717, 1.165) is 36.3 Å². The zero-order valence-electron chi connectivity index (χ0n) is 26.6. The molecule has 14 heteroatoms. The average Bonchev–Trinajstić information content (AvgIpc) is 3.53. The van der Waals surface area contributed by atoms with Crippen LogP contribution >= 0.6 is 12.4 Å². The van der Waals surface area contributed by atoms with Crippen LogP contribution in [0, 0.1) is 18.8 Å². The number of halogens is 4. The number of aromatic amines is 1. The van der Waals surface area contributed by atoms with Crippen molar-refractivity contribution >= 4 is 46.7 Å². The van der Waals surface area contributed by atoms with Gasteiger partial charge in [-0.2, -0.15) is 18.3 Å². The summed E-state index contributed by atoms with van der Waals surface area (Å²) in [4.78, 5) is 45.5. The molecule has 10 nitrogen and oxygen atoms in total. The number of rotatable bonds is 9. The van der Waals surface area contributed by atoms with Crippen LogP contribution in [0.15, 0.2) is 60.8 Å². The molecule has 0 aliphatic heterocycles. The molecular formula is C34H39ClF3N7O3. The maximum Gasteiger partial charge on any atom is 0.408 e. The molecule has 256 valence electrons. The standard InChI is InChI=1S/C34H38F3N7O3.ClH/c1-19-27(13-14-29(41-19)31(45)42-20(2)34(35,36)37)23-7-3-21(4-8-23)15-28(39)33(47)44(26-12-11-25-18-40-43-30(25)16-26)32(46)24-9-5-22(17-38)6-10-24;/h3-4,7-8,11-14,16,18,20,22,24,28H,5-6,9-10,15,17,38-39H2,1-2H3,(H,40,43)(H,42,45);1H/t20?,22-,24-,28-;/m0./s1. The van der Waals surface area contributed by atoms with Gasteiger partial charge in [0.05, 0.1) is 23.4 Å². The summed E-state index contributed by atoms with van der Waals surface area (Å²) in [6.07, 6.45) is 0.234. The normalized spacial score (nSPS) is 17.6. The van der Waals surface area contributed by atoms with Crippen molar-refractivity contribution in [1.29, 1.82) is 0 Å². The van der Waals surface area contributed by atoms with Gasteiger partial charge in [-0.05, 0) is 93.8 Å². The summed E-state index contributed by atoms with van der Waals surface area (Å²) < 4.78 is 38.6. The molecule has 1 fully saturated rings. The number of hydrogen-bond donors (Lipinski definition) is 4. The van der Waals surface area contributed by atoms with Crippen LogP contribution in [0.3, 0.4) is 0 Å². The lowest BCUT2D eigenvalue weighted by molar-refractivity contribution is -0.149. The number of hydrogen-bond acceptors (Lipinski definition) is 7. The SMILES string of the molecule is Cc1nc(C(=O)NC(C)C(F)(F)F)ccc1-c1ccc(C[C@H](N)C(=O)N(c2ccc3cn[nH]c3c2)C(=O)[C@H]2CC[C@H](CN)CC2)cc1.Cl. The van der Waals surface area contributed by atoms with Crippen LogP contribution in [0.4, 0.5) is 18.9 Å². The Morgan fingerprint density at radius 3 is 2.35 bits per heavy atom. The fourth-order valence-electron chi connectivity index (χ4n) is 5.93. The summed E-state index contributed by atoms with van der Waals surface area (Å²) in [5.41, 5.74) is 16.0. The Morgan fingerprint density at radius 2 is 1.73 bits per heavy atom. The van der Waals surface area contributed by atoms with E-state index in [0.29, 0.717) is 47.8 Å². The summed E-state index contributed by atoms with van der Waals surface area (Å²) in [5.74, 6) is -1.64. The average molecular weight is 686 g/mol. The van der Waals surface area contributed by atoms with E-state index in [-0.39, 0.29) is 36.3 Å². The summed E-state index contributed by atoms with van der Waals surface area (Å²) in [6, 6.07) is 12.5. The van der Waals surface area contributed by atoms with Gasteiger partial charge in [0.25, 0.3) is 11.8 Å². The second-order valence-corrected chi connectivity index (χ2v) is 12.2. The van der Waals surface area contributed by atoms with Crippen LogP contribution in [0.1, 0.15) is 54.4 Å². The number of H-pyrrole nitrogens is 1. The summed E-state index contributed by atoms with van der Waals surface area (Å²) in [5, 5.41) is 9.69. The third-order valence-electron chi connectivity index (χ3n) is 8.85. The Morgan fingerprint density at radius 1 is 1.04 bits per heavy atom. The molecule has 0 spiro atoms. The van der Waals surface area contributed by atoms with E-state index < -0.39 is 30.1 Å². The second kappa shape index (κ2) is 15.3. The lowest BCUT2D eigenvalue weighted by atomic mass is 9.81. The highest BCUT2D eigenvalue weighted by molar-refractivity contribution is 6.17. The smallest absolute Gasteiger partial charge is 0.339 e. The van der Waals surface area contributed by atoms with Crippen molar-refractivity contribution in [2.45, 2.75) is 64.2 Å². The van der Waals surface area contributed by atoms with Gasteiger partial charge in [0.15, 0.2) is 0 Å². The molecule has 4 aromatic rings. The van der Waals surface area contributed by atoms with Crippen LogP contribution in [0.25, 0.3) is 22.0 Å². The quantitative estimate of drug-likeness (QED) is 0.188. The molecule has 3 amide bonds. The molecule has 0 bridgehead atoms. The van der Waals surface area contributed by atoms with Gasteiger partial charge in [0.2, 0.25) is 5.91 Å². The maximum absolute atomic E-state index is 13.9. The fraction of sp³-hybridized carbons (Fsp3) is 0.382. The number of carbonyl (C=O) groups is 3. The monoisotopic (exact) mass is 685 g/mol. The molecule has 1 aliphatic rings. The molecule has 1 saturated carbocycles. The van der Waals surface area contributed by atoms with E-state index >= 15 is 0 Å². The van der Waals surface area contributed by atoms with Gasteiger partial charge in [-0.1, -0.05) is 30.3 Å². The minimum Gasteiger partial charge on any atom is -0.339 e. The molecule has 6 N–H and O–H groups in total. The molecule has 2 aromatic heterocycles. The summed E-state index contributed by atoms with van der Waals surface area (Å²) in [6.45, 7) is 3.10. The van der Waals surface area contributed by atoms with E-state index in [1.165, 1.54) is 11.0 Å². The first-order valence-electron chi connectivity index (χ1n) is 15.6.